The monoisotopic (exact) mass is 167 g/mol. The number of nitrogens with zero attached hydrogens (tertiary/aromatic N) is 1. The van der Waals surface area contributed by atoms with Crippen LogP contribution in [-0.4, -0.2) is 16.1 Å². The normalized spacial score (nSPS) is 10.1. The molecular weight excluding hydrogens is 154 g/mol. The SMILES string of the molecule is CCCCc1c[nH]nc1C(N)=O. The third kappa shape index (κ3) is 1.84. The van der Waals surface area contributed by atoms with E-state index >= 15 is 0 Å². The first-order valence-corrected chi connectivity index (χ1v) is 4.08. The average molecular weight is 167 g/mol. The lowest BCUT2D eigenvalue weighted by Crippen LogP contribution is -2.13. The van der Waals surface area contributed by atoms with E-state index in [1.54, 1.807) is 6.20 Å². The summed E-state index contributed by atoms with van der Waals surface area (Å²) in [6.45, 7) is 2.10. The average Bonchev–Trinajstić information content (AvgIpc) is 2.48. The van der Waals surface area contributed by atoms with Crippen LogP contribution in [0.1, 0.15) is 35.8 Å². The number of aryl methyl sites for hydroxylation is 1. The highest BCUT2D eigenvalue weighted by molar-refractivity contribution is 5.92. The van der Waals surface area contributed by atoms with Gasteiger partial charge in [0, 0.05) is 11.8 Å². The number of hydrogen-bond acceptors (Lipinski definition) is 2. The Bertz CT molecular complexity index is 267. The lowest BCUT2D eigenvalue weighted by Gasteiger charge is -1.95. The first-order chi connectivity index (χ1) is 5.75. The molecule has 66 valence electrons. The predicted molar refractivity (Wildman–Crippen MR) is 45.7 cm³/mol. The minimum atomic E-state index is -0.456. The second-order valence-electron chi connectivity index (χ2n) is 2.73. The Morgan fingerprint density at radius 2 is 2.50 bits per heavy atom. The molecule has 12 heavy (non-hydrogen) atoms. The Kier molecular flexibility index (Phi) is 2.85. The molecule has 0 aliphatic rings. The number of nitrogens with one attached hydrogen (secondary N) is 1. The van der Waals surface area contributed by atoms with Gasteiger partial charge < -0.3 is 5.73 Å². The quantitative estimate of drug-likeness (QED) is 0.697. The number of H-pyrrole nitrogens is 1. The van der Waals surface area contributed by atoms with Gasteiger partial charge in [-0.05, 0) is 12.8 Å². The molecule has 0 saturated heterocycles. The van der Waals surface area contributed by atoms with Crippen LogP contribution in [-0.2, 0) is 6.42 Å². The van der Waals surface area contributed by atoms with Crippen molar-refractivity contribution in [1.29, 1.82) is 0 Å². The summed E-state index contributed by atoms with van der Waals surface area (Å²) < 4.78 is 0. The maximum atomic E-state index is 10.8. The van der Waals surface area contributed by atoms with Gasteiger partial charge in [0.2, 0.25) is 0 Å². The zero-order chi connectivity index (χ0) is 8.97. The molecule has 3 N–H and O–H groups in total. The molecule has 1 amide bonds. The summed E-state index contributed by atoms with van der Waals surface area (Å²) in [4.78, 5) is 10.8. The summed E-state index contributed by atoms with van der Waals surface area (Å²) in [6, 6.07) is 0. The van der Waals surface area contributed by atoms with E-state index in [1.807, 2.05) is 0 Å². The summed E-state index contributed by atoms with van der Waals surface area (Å²) in [5, 5.41) is 6.41. The van der Waals surface area contributed by atoms with Crippen LogP contribution in [0.25, 0.3) is 0 Å². The van der Waals surface area contributed by atoms with Crippen molar-refractivity contribution in [3.63, 3.8) is 0 Å². The van der Waals surface area contributed by atoms with Gasteiger partial charge in [-0.15, -0.1) is 0 Å². The second-order valence-corrected chi connectivity index (χ2v) is 2.73. The first-order valence-electron chi connectivity index (χ1n) is 4.08. The van der Waals surface area contributed by atoms with E-state index in [0.29, 0.717) is 5.69 Å². The first kappa shape index (κ1) is 8.77. The zero-order valence-corrected chi connectivity index (χ0v) is 7.13. The molecule has 4 heteroatoms. The zero-order valence-electron chi connectivity index (χ0n) is 7.13. The van der Waals surface area contributed by atoms with Gasteiger partial charge in [-0.25, -0.2) is 0 Å². The third-order valence-electron chi connectivity index (χ3n) is 1.75. The lowest BCUT2D eigenvalue weighted by atomic mass is 10.1. The van der Waals surface area contributed by atoms with Crippen LogP contribution in [0, 0.1) is 0 Å². The molecule has 0 atom stereocenters. The summed E-state index contributed by atoms with van der Waals surface area (Å²) in [7, 11) is 0. The lowest BCUT2D eigenvalue weighted by molar-refractivity contribution is 0.0994. The number of primary amides is 1. The van der Waals surface area contributed by atoms with Crippen molar-refractivity contribution in [2.24, 2.45) is 5.73 Å². The van der Waals surface area contributed by atoms with Crippen molar-refractivity contribution in [2.75, 3.05) is 0 Å². The fraction of sp³-hybridized carbons (Fsp3) is 0.500. The molecular formula is C8H13N3O. The minimum absolute atomic E-state index is 0.378. The van der Waals surface area contributed by atoms with E-state index < -0.39 is 5.91 Å². The molecule has 0 unspecified atom stereocenters. The molecule has 0 aliphatic heterocycles. The van der Waals surface area contributed by atoms with Gasteiger partial charge in [-0.2, -0.15) is 5.10 Å². The molecule has 1 aromatic heterocycles. The topological polar surface area (TPSA) is 71.8 Å². The van der Waals surface area contributed by atoms with E-state index in [-0.39, 0.29) is 0 Å². The van der Waals surface area contributed by atoms with Crippen LogP contribution in [0.5, 0.6) is 0 Å². The summed E-state index contributed by atoms with van der Waals surface area (Å²) in [5.41, 5.74) is 6.41. The molecule has 1 rings (SSSR count). The van der Waals surface area contributed by atoms with Crippen molar-refractivity contribution in [2.45, 2.75) is 26.2 Å². The number of amides is 1. The molecule has 0 fully saturated rings. The Morgan fingerprint density at radius 1 is 1.75 bits per heavy atom. The minimum Gasteiger partial charge on any atom is -0.364 e. The molecule has 0 aromatic carbocycles. The van der Waals surface area contributed by atoms with Crippen LogP contribution < -0.4 is 5.73 Å². The number of unbranched alkanes of at least 4 members (excludes halogenated alkanes) is 1. The second kappa shape index (κ2) is 3.90. The predicted octanol–water partition coefficient (Wildman–Crippen LogP) is 0.851. The molecule has 0 bridgehead atoms. The van der Waals surface area contributed by atoms with Crippen LogP contribution in [0.4, 0.5) is 0 Å². The Labute approximate surface area is 71.2 Å². The highest BCUT2D eigenvalue weighted by atomic mass is 16.1. The van der Waals surface area contributed by atoms with E-state index in [2.05, 4.69) is 17.1 Å². The highest BCUT2D eigenvalue weighted by Crippen LogP contribution is 2.07. The number of rotatable bonds is 4. The number of aromatic nitrogens is 2. The number of hydrogen-bond donors (Lipinski definition) is 2. The van der Waals surface area contributed by atoms with Crippen molar-refractivity contribution in [3.8, 4) is 0 Å². The molecule has 1 aromatic rings. The van der Waals surface area contributed by atoms with Gasteiger partial charge in [-0.3, -0.25) is 9.89 Å². The van der Waals surface area contributed by atoms with Crippen LogP contribution in [0.2, 0.25) is 0 Å². The largest absolute Gasteiger partial charge is 0.364 e. The third-order valence-corrected chi connectivity index (χ3v) is 1.75. The van der Waals surface area contributed by atoms with Crippen LogP contribution in [0.3, 0.4) is 0 Å². The smallest absolute Gasteiger partial charge is 0.269 e. The molecule has 0 aliphatic carbocycles. The van der Waals surface area contributed by atoms with Gasteiger partial charge in [0.25, 0.3) is 5.91 Å². The number of carbonyl (C=O) groups excluding carboxylic acids is 1. The summed E-state index contributed by atoms with van der Waals surface area (Å²) >= 11 is 0. The van der Waals surface area contributed by atoms with Crippen LogP contribution >= 0.6 is 0 Å². The van der Waals surface area contributed by atoms with Gasteiger partial charge >= 0.3 is 0 Å². The van der Waals surface area contributed by atoms with Gasteiger partial charge in [0.05, 0.1) is 0 Å². The molecule has 0 saturated carbocycles. The Morgan fingerprint density at radius 3 is 3.08 bits per heavy atom. The van der Waals surface area contributed by atoms with E-state index in [9.17, 15) is 4.79 Å². The van der Waals surface area contributed by atoms with Crippen LogP contribution in [0.15, 0.2) is 6.20 Å². The Balaban J connectivity index is 2.70. The number of aromatic amines is 1. The number of nitrogens with two attached hydrogens (primary N) is 1. The van der Waals surface area contributed by atoms with Crippen molar-refractivity contribution in [1.82, 2.24) is 10.2 Å². The maximum absolute atomic E-state index is 10.8. The molecule has 1 heterocycles. The summed E-state index contributed by atoms with van der Waals surface area (Å²) in [5.74, 6) is -0.456. The summed E-state index contributed by atoms with van der Waals surface area (Å²) in [6.07, 6.45) is 4.75. The van der Waals surface area contributed by atoms with Gasteiger partial charge in [0.15, 0.2) is 5.69 Å². The van der Waals surface area contributed by atoms with E-state index in [0.717, 1.165) is 24.8 Å². The van der Waals surface area contributed by atoms with E-state index in [4.69, 9.17) is 5.73 Å². The highest BCUT2D eigenvalue weighted by Gasteiger charge is 2.09. The Hall–Kier alpha value is -1.32. The van der Waals surface area contributed by atoms with Crippen molar-refractivity contribution < 1.29 is 4.79 Å². The maximum Gasteiger partial charge on any atom is 0.269 e. The van der Waals surface area contributed by atoms with Crippen molar-refractivity contribution >= 4 is 5.91 Å². The van der Waals surface area contributed by atoms with Gasteiger partial charge in [-0.1, -0.05) is 13.3 Å². The van der Waals surface area contributed by atoms with Crippen molar-refractivity contribution in [3.05, 3.63) is 17.5 Å². The van der Waals surface area contributed by atoms with E-state index in [1.165, 1.54) is 0 Å². The standard InChI is InChI=1S/C8H13N3O/c1-2-3-4-6-5-10-11-7(6)8(9)12/h5H,2-4H2,1H3,(H2,9,12)(H,10,11). The van der Waals surface area contributed by atoms with Gasteiger partial charge in [0.1, 0.15) is 0 Å². The molecule has 0 spiro atoms. The number of carbonyl (C=O) groups is 1. The fourth-order valence-electron chi connectivity index (χ4n) is 1.09. The fourth-order valence-corrected chi connectivity index (χ4v) is 1.09. The molecule has 0 radical (unpaired) electrons. The molecule has 4 nitrogen and oxygen atoms in total.